The molecule has 1 N–H and O–H groups in total. The van der Waals surface area contributed by atoms with Crippen molar-refractivity contribution in [1.82, 2.24) is 0 Å². The zero-order valence-corrected chi connectivity index (χ0v) is 9.68. The molecule has 1 heterocycles. The number of hydrogen-bond donors (Lipinski definition) is 1. The normalized spacial score (nSPS) is 21.3. The SMILES string of the molecule is CC1=NN(c2ccccc2)C(C)(C)/C1=N/O. The number of benzene rings is 1. The molecule has 0 spiro atoms. The molecule has 16 heavy (non-hydrogen) atoms. The van der Waals surface area contributed by atoms with Crippen LogP contribution in [0.4, 0.5) is 5.69 Å². The second kappa shape index (κ2) is 3.63. The average Bonchev–Trinajstić information content (AvgIpc) is 2.50. The monoisotopic (exact) mass is 217 g/mol. The maximum absolute atomic E-state index is 9.02. The molecule has 4 nitrogen and oxygen atoms in total. The van der Waals surface area contributed by atoms with Gasteiger partial charge < -0.3 is 5.21 Å². The van der Waals surface area contributed by atoms with Gasteiger partial charge in [-0.05, 0) is 32.9 Å². The molecule has 1 aromatic rings. The Labute approximate surface area is 94.9 Å². The summed E-state index contributed by atoms with van der Waals surface area (Å²) in [6, 6.07) is 9.86. The fourth-order valence-electron chi connectivity index (χ4n) is 2.01. The predicted octanol–water partition coefficient (Wildman–Crippen LogP) is 2.49. The molecule has 0 unspecified atom stereocenters. The van der Waals surface area contributed by atoms with E-state index in [0.29, 0.717) is 5.71 Å². The van der Waals surface area contributed by atoms with Gasteiger partial charge in [0.2, 0.25) is 0 Å². The quantitative estimate of drug-likeness (QED) is 0.580. The molecule has 1 aliphatic rings. The molecular formula is C12H15N3O. The smallest absolute Gasteiger partial charge is 0.130 e. The van der Waals surface area contributed by atoms with Crippen LogP contribution in [0, 0.1) is 0 Å². The molecule has 84 valence electrons. The maximum Gasteiger partial charge on any atom is 0.130 e. The third-order valence-electron chi connectivity index (χ3n) is 2.80. The highest BCUT2D eigenvalue weighted by molar-refractivity contribution is 6.46. The van der Waals surface area contributed by atoms with Gasteiger partial charge in [-0.2, -0.15) is 5.10 Å². The van der Waals surface area contributed by atoms with Gasteiger partial charge in [-0.15, -0.1) is 0 Å². The first-order valence-electron chi connectivity index (χ1n) is 5.21. The fourth-order valence-corrected chi connectivity index (χ4v) is 2.01. The van der Waals surface area contributed by atoms with Gasteiger partial charge in [0.25, 0.3) is 0 Å². The van der Waals surface area contributed by atoms with Crippen LogP contribution in [-0.2, 0) is 0 Å². The van der Waals surface area contributed by atoms with E-state index >= 15 is 0 Å². The van der Waals surface area contributed by atoms with Crippen LogP contribution in [0.25, 0.3) is 0 Å². The largest absolute Gasteiger partial charge is 0.411 e. The van der Waals surface area contributed by atoms with Gasteiger partial charge in [-0.25, -0.2) is 0 Å². The molecule has 1 aromatic carbocycles. The zero-order chi connectivity index (χ0) is 11.8. The molecule has 4 heteroatoms. The first kappa shape index (κ1) is 10.7. The van der Waals surface area contributed by atoms with Crippen LogP contribution < -0.4 is 5.01 Å². The zero-order valence-electron chi connectivity index (χ0n) is 9.68. The van der Waals surface area contributed by atoms with Crippen molar-refractivity contribution >= 4 is 17.1 Å². The van der Waals surface area contributed by atoms with E-state index in [2.05, 4.69) is 10.3 Å². The molecule has 0 aliphatic carbocycles. The third-order valence-corrected chi connectivity index (χ3v) is 2.80. The minimum Gasteiger partial charge on any atom is -0.411 e. The van der Waals surface area contributed by atoms with Crippen molar-refractivity contribution in [3.05, 3.63) is 30.3 Å². The van der Waals surface area contributed by atoms with Crippen LogP contribution in [0.15, 0.2) is 40.6 Å². The highest BCUT2D eigenvalue weighted by Crippen LogP contribution is 2.30. The van der Waals surface area contributed by atoms with Crippen molar-refractivity contribution in [3.63, 3.8) is 0 Å². The van der Waals surface area contributed by atoms with Crippen molar-refractivity contribution < 1.29 is 5.21 Å². The predicted molar refractivity (Wildman–Crippen MR) is 65.3 cm³/mol. The molecule has 0 atom stereocenters. The van der Waals surface area contributed by atoms with Gasteiger partial charge in [0.1, 0.15) is 11.3 Å². The molecular weight excluding hydrogens is 202 g/mol. The molecule has 0 amide bonds. The highest BCUT2D eigenvalue weighted by Gasteiger charge is 2.40. The lowest BCUT2D eigenvalue weighted by atomic mass is 9.96. The molecule has 0 aromatic heterocycles. The molecule has 0 saturated heterocycles. The van der Waals surface area contributed by atoms with Gasteiger partial charge in [0, 0.05) is 0 Å². The van der Waals surface area contributed by atoms with Crippen molar-refractivity contribution in [2.45, 2.75) is 26.3 Å². The van der Waals surface area contributed by atoms with Crippen molar-refractivity contribution in [2.24, 2.45) is 10.3 Å². The van der Waals surface area contributed by atoms with E-state index in [1.165, 1.54) is 0 Å². The van der Waals surface area contributed by atoms with Crippen LogP contribution in [0.2, 0.25) is 0 Å². The van der Waals surface area contributed by atoms with E-state index in [1.807, 2.05) is 56.1 Å². The lowest BCUT2D eigenvalue weighted by Crippen LogP contribution is -2.43. The van der Waals surface area contributed by atoms with Gasteiger partial charge in [0.05, 0.1) is 11.4 Å². The minimum atomic E-state index is -0.416. The molecule has 0 radical (unpaired) electrons. The van der Waals surface area contributed by atoms with E-state index in [9.17, 15) is 0 Å². The minimum absolute atomic E-state index is 0.416. The molecule has 0 fully saturated rings. The van der Waals surface area contributed by atoms with Crippen molar-refractivity contribution in [3.8, 4) is 0 Å². The number of anilines is 1. The van der Waals surface area contributed by atoms with E-state index in [1.54, 1.807) is 0 Å². The van der Waals surface area contributed by atoms with E-state index < -0.39 is 5.54 Å². The van der Waals surface area contributed by atoms with Gasteiger partial charge >= 0.3 is 0 Å². The van der Waals surface area contributed by atoms with E-state index in [-0.39, 0.29) is 0 Å². The summed E-state index contributed by atoms with van der Waals surface area (Å²) in [6.45, 7) is 5.81. The molecule has 2 rings (SSSR count). The average molecular weight is 217 g/mol. The summed E-state index contributed by atoms with van der Waals surface area (Å²) in [5, 5.41) is 18.7. The van der Waals surface area contributed by atoms with Gasteiger partial charge in [-0.3, -0.25) is 5.01 Å². The van der Waals surface area contributed by atoms with Crippen LogP contribution >= 0.6 is 0 Å². The molecule has 0 bridgehead atoms. The number of hydrogen-bond acceptors (Lipinski definition) is 4. The van der Waals surface area contributed by atoms with E-state index in [0.717, 1.165) is 11.4 Å². The Kier molecular flexibility index (Phi) is 2.42. The highest BCUT2D eigenvalue weighted by atomic mass is 16.4. The van der Waals surface area contributed by atoms with E-state index in [4.69, 9.17) is 5.21 Å². The van der Waals surface area contributed by atoms with Crippen LogP contribution in [0.3, 0.4) is 0 Å². The fraction of sp³-hybridized carbons (Fsp3) is 0.333. The first-order valence-corrected chi connectivity index (χ1v) is 5.21. The van der Waals surface area contributed by atoms with Gasteiger partial charge in [-0.1, -0.05) is 23.4 Å². The Morgan fingerprint density at radius 2 is 1.88 bits per heavy atom. The Morgan fingerprint density at radius 3 is 2.38 bits per heavy atom. The Morgan fingerprint density at radius 1 is 1.25 bits per heavy atom. The summed E-state index contributed by atoms with van der Waals surface area (Å²) in [5.41, 5.74) is 1.93. The Hall–Kier alpha value is -1.84. The maximum atomic E-state index is 9.02. The Bertz CT molecular complexity index is 449. The Balaban J connectivity index is 2.46. The summed E-state index contributed by atoms with van der Waals surface area (Å²) < 4.78 is 0. The number of rotatable bonds is 1. The topological polar surface area (TPSA) is 48.2 Å². The number of hydrazone groups is 1. The lowest BCUT2D eigenvalue weighted by Gasteiger charge is -2.30. The number of para-hydroxylation sites is 1. The second-order valence-electron chi connectivity index (χ2n) is 4.34. The van der Waals surface area contributed by atoms with Gasteiger partial charge in [0.15, 0.2) is 0 Å². The summed E-state index contributed by atoms with van der Waals surface area (Å²) in [5.74, 6) is 0. The number of nitrogens with zero attached hydrogens (tertiary/aromatic N) is 3. The number of oxime groups is 1. The molecule has 1 aliphatic heterocycles. The summed E-state index contributed by atoms with van der Waals surface area (Å²) in [6.07, 6.45) is 0. The third kappa shape index (κ3) is 1.46. The lowest BCUT2D eigenvalue weighted by molar-refractivity contribution is 0.316. The van der Waals surface area contributed by atoms with Crippen molar-refractivity contribution in [2.75, 3.05) is 5.01 Å². The summed E-state index contributed by atoms with van der Waals surface area (Å²) in [7, 11) is 0. The van der Waals surface area contributed by atoms with Crippen LogP contribution in [-0.4, -0.2) is 22.2 Å². The second-order valence-corrected chi connectivity index (χ2v) is 4.34. The van der Waals surface area contributed by atoms with Crippen molar-refractivity contribution in [1.29, 1.82) is 0 Å². The van der Waals surface area contributed by atoms with Crippen LogP contribution in [0.1, 0.15) is 20.8 Å². The first-order chi connectivity index (χ1) is 7.57. The summed E-state index contributed by atoms with van der Waals surface area (Å²) in [4.78, 5) is 0. The summed E-state index contributed by atoms with van der Waals surface area (Å²) >= 11 is 0. The van der Waals surface area contributed by atoms with Crippen LogP contribution in [0.5, 0.6) is 0 Å². The molecule has 0 saturated carbocycles. The standard InChI is InChI=1S/C12H15N3O/c1-9-11(14-16)12(2,3)15(13-9)10-7-5-4-6-8-10/h4-8,16H,1-3H3/b14-11+.